The van der Waals surface area contributed by atoms with E-state index in [-0.39, 0.29) is 18.2 Å². The van der Waals surface area contributed by atoms with Gasteiger partial charge in [0, 0.05) is 6.54 Å². The van der Waals surface area contributed by atoms with Crippen LogP contribution in [0.5, 0.6) is 0 Å². The van der Waals surface area contributed by atoms with Crippen LogP contribution in [0.15, 0.2) is 25.3 Å². The maximum atomic E-state index is 10.9. The van der Waals surface area contributed by atoms with E-state index in [1.165, 1.54) is 12.2 Å². The van der Waals surface area contributed by atoms with Crippen molar-refractivity contribution in [3.8, 4) is 0 Å². The predicted octanol–water partition coefficient (Wildman–Crippen LogP) is -0.308. The van der Waals surface area contributed by atoms with Crippen LogP contribution in [0, 0.1) is 0 Å². The normalized spacial score (nSPS) is 8.69. The fourth-order valence-corrected chi connectivity index (χ4v) is 0.563. The van der Waals surface area contributed by atoms with E-state index in [0.29, 0.717) is 0 Å². The molecule has 5 nitrogen and oxygen atoms in total. The summed E-state index contributed by atoms with van der Waals surface area (Å²) < 4.78 is 0. The van der Waals surface area contributed by atoms with Crippen molar-refractivity contribution in [1.29, 1.82) is 0 Å². The molecule has 0 radical (unpaired) electrons. The Morgan fingerprint density at radius 2 is 2.00 bits per heavy atom. The second-order valence-corrected chi connectivity index (χ2v) is 2.17. The average Bonchev–Trinajstić information content (AvgIpc) is 2.13. The molecule has 0 aromatic heterocycles. The molecule has 0 saturated heterocycles. The van der Waals surface area contributed by atoms with Gasteiger partial charge in [0.2, 0.25) is 0 Å². The summed E-state index contributed by atoms with van der Waals surface area (Å²) in [5.41, 5.74) is 0. The lowest BCUT2D eigenvalue weighted by Crippen LogP contribution is -2.41. The molecule has 0 aliphatic carbocycles. The van der Waals surface area contributed by atoms with Crippen molar-refractivity contribution in [3.05, 3.63) is 25.3 Å². The Morgan fingerprint density at radius 3 is 2.46 bits per heavy atom. The van der Waals surface area contributed by atoms with E-state index in [2.05, 4.69) is 18.5 Å². The molecule has 0 bridgehead atoms. The van der Waals surface area contributed by atoms with Crippen LogP contribution < -0.4 is 5.32 Å². The quantitative estimate of drug-likeness (QED) is 0.272. The summed E-state index contributed by atoms with van der Waals surface area (Å²) in [7, 11) is 0. The predicted molar refractivity (Wildman–Crippen MR) is 46.9 cm³/mol. The van der Waals surface area contributed by atoms with E-state index >= 15 is 0 Å². The highest BCUT2D eigenvalue weighted by atomic mass is 16.5. The van der Waals surface area contributed by atoms with Crippen LogP contribution in [-0.2, 0) is 9.59 Å². The third-order valence-electron chi connectivity index (χ3n) is 1.14. The summed E-state index contributed by atoms with van der Waals surface area (Å²) in [6.07, 6.45) is 2.74. The lowest BCUT2D eigenvalue weighted by molar-refractivity contribution is -0.168. The third-order valence-corrected chi connectivity index (χ3v) is 1.14. The number of carbonyl (C=O) groups is 2. The summed E-state index contributed by atoms with van der Waals surface area (Å²) in [5.74, 6) is -1.88. The maximum Gasteiger partial charge on any atom is 0.335 e. The van der Waals surface area contributed by atoms with Crippen molar-refractivity contribution in [2.75, 3.05) is 13.1 Å². The highest BCUT2D eigenvalue weighted by Crippen LogP contribution is 1.84. The zero-order valence-electron chi connectivity index (χ0n) is 7.19. The van der Waals surface area contributed by atoms with Crippen molar-refractivity contribution >= 4 is 11.8 Å². The van der Waals surface area contributed by atoms with Gasteiger partial charge in [-0.3, -0.25) is 14.8 Å². The van der Waals surface area contributed by atoms with Crippen LogP contribution in [0.1, 0.15) is 0 Å². The smallest absolute Gasteiger partial charge is 0.335 e. The molecule has 0 atom stereocenters. The lowest BCUT2D eigenvalue weighted by atomic mass is 10.5. The molecule has 0 spiro atoms. The molecule has 0 aromatic rings. The van der Waals surface area contributed by atoms with E-state index in [9.17, 15) is 9.59 Å². The Labute approximate surface area is 76.3 Å². The SMILES string of the molecule is C=CCNC(=O)C(=O)N(O)CC=C. The van der Waals surface area contributed by atoms with Crippen molar-refractivity contribution < 1.29 is 14.8 Å². The second-order valence-electron chi connectivity index (χ2n) is 2.17. The minimum Gasteiger partial charge on any atom is -0.344 e. The van der Waals surface area contributed by atoms with E-state index in [1.54, 1.807) is 0 Å². The molecule has 0 aliphatic rings. The van der Waals surface area contributed by atoms with Crippen molar-refractivity contribution in [2.24, 2.45) is 0 Å². The first-order valence-electron chi connectivity index (χ1n) is 3.63. The molecule has 0 aliphatic heterocycles. The van der Waals surface area contributed by atoms with Gasteiger partial charge in [-0.2, -0.15) is 0 Å². The van der Waals surface area contributed by atoms with Gasteiger partial charge in [-0.25, -0.2) is 5.06 Å². The average molecular weight is 184 g/mol. The minimum absolute atomic E-state index is 0.0830. The van der Waals surface area contributed by atoms with Crippen molar-refractivity contribution in [2.45, 2.75) is 0 Å². The topological polar surface area (TPSA) is 69.6 Å². The summed E-state index contributed by atoms with van der Waals surface area (Å²) in [6, 6.07) is 0. The summed E-state index contributed by atoms with van der Waals surface area (Å²) in [4.78, 5) is 21.8. The molecule has 0 fully saturated rings. The van der Waals surface area contributed by atoms with Crippen molar-refractivity contribution in [3.63, 3.8) is 0 Å². The Bertz CT molecular complexity index is 225. The molecule has 0 aromatic carbocycles. The van der Waals surface area contributed by atoms with Gasteiger partial charge in [0.1, 0.15) is 0 Å². The van der Waals surface area contributed by atoms with Gasteiger partial charge in [0.05, 0.1) is 6.54 Å². The minimum atomic E-state index is -1.01. The number of rotatable bonds is 4. The number of hydrogen-bond acceptors (Lipinski definition) is 3. The van der Waals surface area contributed by atoms with Gasteiger partial charge in [0.25, 0.3) is 0 Å². The van der Waals surface area contributed by atoms with Crippen molar-refractivity contribution in [1.82, 2.24) is 10.4 Å². The van der Waals surface area contributed by atoms with E-state index in [4.69, 9.17) is 5.21 Å². The maximum absolute atomic E-state index is 10.9. The Kier molecular flexibility index (Phi) is 5.22. The monoisotopic (exact) mass is 184 g/mol. The molecule has 0 unspecified atom stereocenters. The Balaban J connectivity index is 4.00. The number of hydroxylamine groups is 2. The summed E-state index contributed by atoms with van der Waals surface area (Å²) in [5, 5.41) is 11.4. The number of carbonyl (C=O) groups excluding carboxylic acids is 2. The standard InChI is InChI=1S/C8H12N2O3/c1-3-5-9-7(11)8(12)10(13)6-4-2/h3-4,13H,1-2,5-6H2,(H,9,11). The number of nitrogens with zero attached hydrogens (tertiary/aromatic N) is 1. The highest BCUT2D eigenvalue weighted by Gasteiger charge is 2.17. The summed E-state index contributed by atoms with van der Waals surface area (Å²) in [6.45, 7) is 6.76. The van der Waals surface area contributed by atoms with Gasteiger partial charge >= 0.3 is 11.8 Å². The molecular weight excluding hydrogens is 172 g/mol. The molecule has 0 rings (SSSR count). The van der Waals surface area contributed by atoms with E-state index < -0.39 is 11.8 Å². The van der Waals surface area contributed by atoms with Gasteiger partial charge < -0.3 is 5.32 Å². The number of nitrogens with one attached hydrogen (secondary N) is 1. The lowest BCUT2D eigenvalue weighted by Gasteiger charge is -2.11. The van der Waals surface area contributed by atoms with Gasteiger partial charge in [0.15, 0.2) is 0 Å². The van der Waals surface area contributed by atoms with Crippen LogP contribution in [0.3, 0.4) is 0 Å². The fourth-order valence-electron chi connectivity index (χ4n) is 0.563. The Morgan fingerprint density at radius 1 is 1.38 bits per heavy atom. The number of hydrogen-bond donors (Lipinski definition) is 2. The molecule has 0 heterocycles. The highest BCUT2D eigenvalue weighted by molar-refractivity contribution is 6.34. The van der Waals surface area contributed by atoms with Crippen LogP contribution in [-0.4, -0.2) is 35.2 Å². The Hall–Kier alpha value is -1.62. The van der Waals surface area contributed by atoms with Gasteiger partial charge in [-0.15, -0.1) is 13.2 Å². The number of amides is 2. The zero-order chi connectivity index (χ0) is 10.3. The van der Waals surface area contributed by atoms with Crippen LogP contribution >= 0.6 is 0 Å². The van der Waals surface area contributed by atoms with Crippen LogP contribution in [0.4, 0.5) is 0 Å². The molecule has 13 heavy (non-hydrogen) atoms. The van der Waals surface area contributed by atoms with Gasteiger partial charge in [-0.1, -0.05) is 12.2 Å². The third kappa shape index (κ3) is 4.07. The van der Waals surface area contributed by atoms with Crippen LogP contribution in [0.25, 0.3) is 0 Å². The van der Waals surface area contributed by atoms with Crippen LogP contribution in [0.2, 0.25) is 0 Å². The van der Waals surface area contributed by atoms with E-state index in [0.717, 1.165) is 0 Å². The first-order valence-corrected chi connectivity index (χ1v) is 3.63. The molecule has 5 heteroatoms. The summed E-state index contributed by atoms with van der Waals surface area (Å²) >= 11 is 0. The first kappa shape index (κ1) is 11.4. The largest absolute Gasteiger partial charge is 0.344 e. The molecular formula is C8H12N2O3. The first-order chi connectivity index (χ1) is 6.13. The second kappa shape index (κ2) is 5.96. The fraction of sp³-hybridized carbons (Fsp3) is 0.250. The van der Waals surface area contributed by atoms with Gasteiger partial charge in [-0.05, 0) is 0 Å². The molecule has 2 N–H and O–H groups in total. The zero-order valence-corrected chi connectivity index (χ0v) is 7.19. The molecule has 72 valence electrons. The molecule has 2 amide bonds. The molecule has 0 saturated carbocycles. The van der Waals surface area contributed by atoms with E-state index in [1.807, 2.05) is 0 Å².